The van der Waals surface area contributed by atoms with Crippen LogP contribution in [0.15, 0.2) is 0 Å². The molecule has 1 saturated carbocycles. The summed E-state index contributed by atoms with van der Waals surface area (Å²) >= 11 is 0. The Morgan fingerprint density at radius 3 is 1.95 bits per heavy atom. The van der Waals surface area contributed by atoms with E-state index in [1.54, 1.807) is 0 Å². The Bertz CT molecular complexity index is 275. The van der Waals surface area contributed by atoms with Gasteiger partial charge in [-0.3, -0.25) is 4.79 Å². The van der Waals surface area contributed by atoms with E-state index in [0.717, 1.165) is 18.3 Å². The van der Waals surface area contributed by atoms with Crippen molar-refractivity contribution < 1.29 is 9.53 Å². The Hall–Kier alpha value is -0.530. The van der Waals surface area contributed by atoms with Crippen LogP contribution in [0.4, 0.5) is 0 Å². The summed E-state index contributed by atoms with van der Waals surface area (Å²) in [7, 11) is 1.48. The van der Waals surface area contributed by atoms with Gasteiger partial charge in [-0.2, -0.15) is 0 Å². The maximum Gasteiger partial charge on any atom is 0.305 e. The van der Waals surface area contributed by atoms with Crippen LogP contribution < -0.4 is 0 Å². The number of unbranched alkanes of at least 4 members (excludes halogenated alkanes) is 6. The van der Waals surface area contributed by atoms with Crippen molar-refractivity contribution >= 4 is 5.97 Å². The van der Waals surface area contributed by atoms with Crippen molar-refractivity contribution in [2.45, 2.75) is 103 Å². The highest BCUT2D eigenvalue weighted by molar-refractivity contribution is 5.68. The standard InChI is InChI=1S/C20H38O2/c1-3-4-5-8-13-18-15-11-12-16-19(18)14-9-6-7-10-17-20(21)22-2/h18-19H,3-17H2,1-2H3/t18?,19-/m0/s1. The summed E-state index contributed by atoms with van der Waals surface area (Å²) in [5.74, 6) is 1.95. The van der Waals surface area contributed by atoms with E-state index in [-0.39, 0.29) is 5.97 Å². The first-order chi connectivity index (χ1) is 10.8. The van der Waals surface area contributed by atoms with Crippen LogP contribution in [0.1, 0.15) is 103 Å². The smallest absolute Gasteiger partial charge is 0.305 e. The highest BCUT2D eigenvalue weighted by Gasteiger charge is 2.23. The second kappa shape index (κ2) is 13.0. The van der Waals surface area contributed by atoms with Crippen molar-refractivity contribution in [3.8, 4) is 0 Å². The minimum atomic E-state index is -0.0561. The van der Waals surface area contributed by atoms with Crippen molar-refractivity contribution in [1.29, 1.82) is 0 Å². The highest BCUT2D eigenvalue weighted by atomic mass is 16.5. The van der Waals surface area contributed by atoms with Gasteiger partial charge in [0.25, 0.3) is 0 Å². The van der Waals surface area contributed by atoms with Gasteiger partial charge in [0.15, 0.2) is 0 Å². The Morgan fingerprint density at radius 2 is 1.41 bits per heavy atom. The van der Waals surface area contributed by atoms with Crippen molar-refractivity contribution in [2.24, 2.45) is 11.8 Å². The fourth-order valence-corrected chi connectivity index (χ4v) is 4.01. The number of ether oxygens (including phenoxy) is 1. The van der Waals surface area contributed by atoms with Gasteiger partial charge in [-0.05, 0) is 18.3 Å². The number of methoxy groups -OCH3 is 1. The van der Waals surface area contributed by atoms with Gasteiger partial charge in [0.1, 0.15) is 0 Å². The lowest BCUT2D eigenvalue weighted by atomic mass is 9.74. The molecule has 0 aliphatic heterocycles. The van der Waals surface area contributed by atoms with Gasteiger partial charge in [-0.25, -0.2) is 0 Å². The van der Waals surface area contributed by atoms with E-state index in [1.165, 1.54) is 90.6 Å². The molecule has 0 aromatic rings. The number of carbonyl (C=O) groups excluding carboxylic acids is 1. The lowest BCUT2D eigenvalue weighted by Crippen LogP contribution is -2.19. The molecule has 0 aromatic heterocycles. The molecule has 0 saturated heterocycles. The van der Waals surface area contributed by atoms with Gasteiger partial charge in [-0.1, -0.05) is 90.4 Å². The Labute approximate surface area is 138 Å². The molecule has 0 N–H and O–H groups in total. The summed E-state index contributed by atoms with van der Waals surface area (Å²) in [6.07, 6.45) is 19.9. The van der Waals surface area contributed by atoms with Crippen LogP contribution in [0, 0.1) is 11.8 Å². The van der Waals surface area contributed by atoms with Crippen LogP contribution in [0.2, 0.25) is 0 Å². The van der Waals surface area contributed by atoms with Crippen molar-refractivity contribution in [3.05, 3.63) is 0 Å². The second-order valence-electron chi connectivity index (χ2n) is 7.18. The quantitative estimate of drug-likeness (QED) is 0.313. The fraction of sp³-hybridized carbons (Fsp3) is 0.950. The molecular formula is C20H38O2. The Kier molecular flexibility index (Phi) is 11.5. The summed E-state index contributed by atoms with van der Waals surface area (Å²) in [6, 6.07) is 0. The third kappa shape index (κ3) is 8.80. The van der Waals surface area contributed by atoms with Crippen LogP contribution in [0.25, 0.3) is 0 Å². The maximum atomic E-state index is 11.1. The SMILES string of the molecule is CCCCCCC1CCCC[C@@H]1CCCCCCC(=O)OC. The molecule has 0 aromatic carbocycles. The van der Waals surface area contributed by atoms with Gasteiger partial charge >= 0.3 is 5.97 Å². The molecular weight excluding hydrogens is 272 g/mol. The molecule has 2 heteroatoms. The van der Waals surface area contributed by atoms with Crippen molar-refractivity contribution in [2.75, 3.05) is 7.11 Å². The summed E-state index contributed by atoms with van der Waals surface area (Å²) in [6.45, 7) is 2.30. The molecule has 0 bridgehead atoms. The Morgan fingerprint density at radius 1 is 0.864 bits per heavy atom. The van der Waals surface area contributed by atoms with E-state index in [4.69, 9.17) is 0 Å². The fourth-order valence-electron chi connectivity index (χ4n) is 4.01. The van der Waals surface area contributed by atoms with Crippen LogP contribution in [0.5, 0.6) is 0 Å². The van der Waals surface area contributed by atoms with Crippen LogP contribution >= 0.6 is 0 Å². The van der Waals surface area contributed by atoms with Gasteiger partial charge in [-0.15, -0.1) is 0 Å². The van der Waals surface area contributed by atoms with E-state index < -0.39 is 0 Å². The third-order valence-corrected chi connectivity index (χ3v) is 5.43. The molecule has 1 rings (SSSR count). The van der Waals surface area contributed by atoms with Gasteiger partial charge in [0, 0.05) is 6.42 Å². The number of carbonyl (C=O) groups is 1. The van der Waals surface area contributed by atoms with E-state index in [0.29, 0.717) is 6.42 Å². The normalized spacial score (nSPS) is 21.7. The average molecular weight is 311 g/mol. The minimum Gasteiger partial charge on any atom is -0.469 e. The predicted molar refractivity (Wildman–Crippen MR) is 93.9 cm³/mol. The lowest BCUT2D eigenvalue weighted by molar-refractivity contribution is -0.140. The zero-order valence-electron chi connectivity index (χ0n) is 15.1. The first-order valence-corrected chi connectivity index (χ1v) is 9.84. The molecule has 0 spiro atoms. The van der Waals surface area contributed by atoms with Gasteiger partial charge < -0.3 is 4.74 Å². The summed E-state index contributed by atoms with van der Waals surface area (Å²) < 4.78 is 4.68. The monoisotopic (exact) mass is 310 g/mol. The third-order valence-electron chi connectivity index (χ3n) is 5.43. The molecule has 0 heterocycles. The molecule has 2 atom stereocenters. The zero-order valence-corrected chi connectivity index (χ0v) is 15.1. The predicted octanol–water partition coefficient (Wildman–Crippen LogP) is 6.28. The molecule has 22 heavy (non-hydrogen) atoms. The number of rotatable bonds is 12. The summed E-state index contributed by atoms with van der Waals surface area (Å²) in [4.78, 5) is 11.1. The average Bonchev–Trinajstić information content (AvgIpc) is 2.55. The van der Waals surface area contributed by atoms with Crippen molar-refractivity contribution in [3.63, 3.8) is 0 Å². The lowest BCUT2D eigenvalue weighted by Gasteiger charge is -2.32. The topological polar surface area (TPSA) is 26.3 Å². The van der Waals surface area contributed by atoms with Gasteiger partial charge in [0.05, 0.1) is 7.11 Å². The second-order valence-corrected chi connectivity index (χ2v) is 7.18. The number of hydrogen-bond acceptors (Lipinski definition) is 2. The largest absolute Gasteiger partial charge is 0.469 e. The highest BCUT2D eigenvalue weighted by Crippen LogP contribution is 2.36. The molecule has 0 radical (unpaired) electrons. The van der Waals surface area contributed by atoms with E-state index in [1.807, 2.05) is 0 Å². The number of esters is 1. The molecule has 1 unspecified atom stereocenters. The molecule has 2 nitrogen and oxygen atoms in total. The van der Waals surface area contributed by atoms with Crippen LogP contribution in [-0.4, -0.2) is 13.1 Å². The summed E-state index contributed by atoms with van der Waals surface area (Å²) in [5, 5.41) is 0. The first kappa shape index (κ1) is 19.5. The van der Waals surface area contributed by atoms with Crippen molar-refractivity contribution in [1.82, 2.24) is 0 Å². The van der Waals surface area contributed by atoms with E-state index >= 15 is 0 Å². The molecule has 1 fully saturated rings. The zero-order chi connectivity index (χ0) is 16.0. The molecule has 1 aliphatic rings. The summed E-state index contributed by atoms with van der Waals surface area (Å²) in [5.41, 5.74) is 0. The molecule has 130 valence electrons. The van der Waals surface area contributed by atoms with E-state index in [9.17, 15) is 4.79 Å². The van der Waals surface area contributed by atoms with E-state index in [2.05, 4.69) is 11.7 Å². The minimum absolute atomic E-state index is 0.0561. The number of hydrogen-bond donors (Lipinski definition) is 0. The molecule has 0 amide bonds. The van der Waals surface area contributed by atoms with Gasteiger partial charge in [0.2, 0.25) is 0 Å². The Balaban J connectivity index is 2.08. The maximum absolute atomic E-state index is 11.1. The first-order valence-electron chi connectivity index (χ1n) is 9.84. The molecule has 1 aliphatic carbocycles. The van der Waals surface area contributed by atoms with Crippen LogP contribution in [-0.2, 0) is 9.53 Å². The van der Waals surface area contributed by atoms with Crippen LogP contribution in [0.3, 0.4) is 0 Å².